The second-order valence-electron chi connectivity index (χ2n) is 9.75. The molecule has 0 amide bonds. The van der Waals surface area contributed by atoms with Gasteiger partial charge in [0.15, 0.2) is 0 Å². The van der Waals surface area contributed by atoms with Gasteiger partial charge in [0, 0.05) is 12.1 Å². The molecule has 0 aromatic carbocycles. The fourth-order valence-corrected chi connectivity index (χ4v) is 3.95. The lowest BCUT2D eigenvalue weighted by Crippen LogP contribution is -2.26. The number of hydrogen-bond donors (Lipinski definition) is 2. The van der Waals surface area contributed by atoms with Gasteiger partial charge in [0.1, 0.15) is 37.9 Å². The predicted octanol–water partition coefficient (Wildman–Crippen LogP) is 4.95. The van der Waals surface area contributed by atoms with E-state index in [1.54, 1.807) is 6.92 Å². The summed E-state index contributed by atoms with van der Waals surface area (Å²) in [6.07, 6.45) is 14.9. The van der Waals surface area contributed by atoms with Crippen LogP contribution in [-0.4, -0.2) is 35.5 Å². The largest absolute Gasteiger partial charge is 0.484 e. The van der Waals surface area contributed by atoms with E-state index >= 15 is 0 Å². The average molecular weight is 499 g/mol. The summed E-state index contributed by atoms with van der Waals surface area (Å²) in [7, 11) is 0. The van der Waals surface area contributed by atoms with Crippen molar-refractivity contribution in [3.05, 3.63) is 87.1 Å². The molecule has 7 nitrogen and oxygen atoms in total. The molecule has 36 heavy (non-hydrogen) atoms. The van der Waals surface area contributed by atoms with Crippen LogP contribution >= 0.6 is 0 Å². The van der Waals surface area contributed by atoms with Crippen LogP contribution in [0.3, 0.4) is 0 Å². The molecule has 1 aromatic rings. The van der Waals surface area contributed by atoms with Crippen molar-refractivity contribution in [2.24, 2.45) is 5.41 Å². The summed E-state index contributed by atoms with van der Waals surface area (Å²) in [5, 5.41) is 18.9. The van der Waals surface area contributed by atoms with Crippen molar-refractivity contribution in [3.8, 4) is 5.75 Å². The molecule has 1 aliphatic rings. The quantitative estimate of drug-likeness (QED) is 0.253. The van der Waals surface area contributed by atoms with Gasteiger partial charge in [-0.05, 0) is 56.6 Å². The highest BCUT2D eigenvalue weighted by atomic mass is 16.5. The maximum atomic E-state index is 12.0. The minimum atomic E-state index is -1.12. The zero-order valence-electron chi connectivity index (χ0n) is 21.9. The molecule has 0 fully saturated rings. The van der Waals surface area contributed by atoms with Gasteiger partial charge in [-0.3, -0.25) is 4.79 Å². The van der Waals surface area contributed by atoms with Crippen molar-refractivity contribution in [3.63, 3.8) is 0 Å². The molecule has 2 N–H and O–H groups in total. The molecule has 0 aliphatic heterocycles. The van der Waals surface area contributed by atoms with Crippen LogP contribution in [0.4, 0.5) is 0 Å². The number of rotatable bonds is 11. The molecule has 1 heterocycles. The molecule has 0 saturated heterocycles. The molecule has 1 unspecified atom stereocenters. The van der Waals surface area contributed by atoms with E-state index in [-0.39, 0.29) is 30.1 Å². The van der Waals surface area contributed by atoms with Gasteiger partial charge in [0.25, 0.3) is 0 Å². The molecule has 0 radical (unpaired) electrons. The number of allylic oxidation sites excluding steroid dienone is 9. The Morgan fingerprint density at radius 3 is 2.64 bits per heavy atom. The standard InChI is InChI=1S/C29H38O7/c1-20(11-12-25-22(3)10-7-13-29(25,4)5)8-6-9-21(2)14-28(33)36-18-23(31)17-35-27-19-34-24(16-30)15-26(27)32/h6,8-9,11-12,14-15,19,23,30-31H,7,10,13,16-18H2,1-5H3. The van der Waals surface area contributed by atoms with Gasteiger partial charge in [-0.2, -0.15) is 0 Å². The summed E-state index contributed by atoms with van der Waals surface area (Å²) in [5.41, 5.74) is 4.40. The second-order valence-corrected chi connectivity index (χ2v) is 9.75. The lowest BCUT2D eigenvalue weighted by molar-refractivity contribution is -0.141. The average Bonchev–Trinajstić information content (AvgIpc) is 2.81. The van der Waals surface area contributed by atoms with Gasteiger partial charge in [0.2, 0.25) is 11.2 Å². The third kappa shape index (κ3) is 9.47. The third-order valence-corrected chi connectivity index (χ3v) is 5.98. The van der Waals surface area contributed by atoms with E-state index in [2.05, 4.69) is 32.9 Å². The number of carbonyl (C=O) groups is 1. The maximum Gasteiger partial charge on any atom is 0.331 e. The number of ether oxygens (including phenoxy) is 2. The van der Waals surface area contributed by atoms with Gasteiger partial charge < -0.3 is 24.1 Å². The minimum absolute atomic E-state index is 0.106. The van der Waals surface area contributed by atoms with E-state index < -0.39 is 24.1 Å². The van der Waals surface area contributed by atoms with Crippen LogP contribution in [0.5, 0.6) is 5.75 Å². The minimum Gasteiger partial charge on any atom is -0.484 e. The molecular formula is C29H38O7. The number of aliphatic hydroxyl groups excluding tert-OH is 2. The summed E-state index contributed by atoms with van der Waals surface area (Å²) in [4.78, 5) is 23.8. The fraction of sp³-hybridized carbons (Fsp3) is 0.448. The van der Waals surface area contributed by atoms with Gasteiger partial charge in [-0.15, -0.1) is 0 Å². The third-order valence-electron chi connectivity index (χ3n) is 5.98. The van der Waals surface area contributed by atoms with E-state index in [4.69, 9.17) is 19.0 Å². The summed E-state index contributed by atoms with van der Waals surface area (Å²) in [5.74, 6) is -0.590. The zero-order valence-corrected chi connectivity index (χ0v) is 21.9. The molecule has 196 valence electrons. The van der Waals surface area contributed by atoms with Crippen LogP contribution in [0, 0.1) is 5.41 Å². The monoisotopic (exact) mass is 498 g/mol. The highest BCUT2D eigenvalue weighted by molar-refractivity contribution is 5.83. The predicted molar refractivity (Wildman–Crippen MR) is 139 cm³/mol. The first-order valence-electron chi connectivity index (χ1n) is 12.1. The Hall–Kier alpha value is -3.16. The number of carbonyl (C=O) groups excluding carboxylic acids is 1. The smallest absolute Gasteiger partial charge is 0.331 e. The van der Waals surface area contributed by atoms with Gasteiger partial charge in [0.05, 0.1) is 0 Å². The van der Waals surface area contributed by atoms with Crippen LogP contribution in [0.15, 0.2) is 80.3 Å². The molecule has 7 heteroatoms. The van der Waals surface area contributed by atoms with E-state index in [0.717, 1.165) is 24.3 Å². The van der Waals surface area contributed by atoms with Crippen molar-refractivity contribution in [2.75, 3.05) is 13.2 Å². The molecule has 1 atom stereocenters. The number of aliphatic hydroxyl groups is 2. The Labute approximate surface area is 213 Å². The van der Waals surface area contributed by atoms with E-state index in [1.165, 1.54) is 30.1 Å². The molecule has 0 bridgehead atoms. The van der Waals surface area contributed by atoms with Crippen molar-refractivity contribution in [1.82, 2.24) is 0 Å². The normalized spacial score (nSPS) is 17.6. The van der Waals surface area contributed by atoms with Crippen molar-refractivity contribution >= 4 is 5.97 Å². The van der Waals surface area contributed by atoms with Gasteiger partial charge >= 0.3 is 5.97 Å². The van der Waals surface area contributed by atoms with Crippen LogP contribution in [0.2, 0.25) is 0 Å². The van der Waals surface area contributed by atoms with Crippen LogP contribution in [0.25, 0.3) is 0 Å². The summed E-state index contributed by atoms with van der Waals surface area (Å²) < 4.78 is 15.2. The molecule has 1 aromatic heterocycles. The van der Waals surface area contributed by atoms with Crippen LogP contribution < -0.4 is 10.2 Å². The van der Waals surface area contributed by atoms with Gasteiger partial charge in [-0.1, -0.05) is 55.4 Å². The first-order chi connectivity index (χ1) is 17.0. The SMILES string of the molecule is CC(C=CC1=C(C)CCCC1(C)C)=CC=CC(C)=CC(=O)OCC(O)COc1coc(CO)cc1=O. The molecule has 0 saturated carbocycles. The number of esters is 1. The fourth-order valence-electron chi connectivity index (χ4n) is 3.95. The molecular weight excluding hydrogens is 460 g/mol. The number of hydrogen-bond acceptors (Lipinski definition) is 7. The maximum absolute atomic E-state index is 12.0. The van der Waals surface area contributed by atoms with Crippen molar-refractivity contribution in [2.45, 2.75) is 66.6 Å². The van der Waals surface area contributed by atoms with Gasteiger partial charge in [-0.25, -0.2) is 4.79 Å². The topological polar surface area (TPSA) is 106 Å². The lowest BCUT2D eigenvalue weighted by Gasteiger charge is -2.32. The highest BCUT2D eigenvalue weighted by Crippen LogP contribution is 2.40. The van der Waals surface area contributed by atoms with Crippen LogP contribution in [-0.2, 0) is 16.1 Å². The van der Waals surface area contributed by atoms with Crippen LogP contribution in [0.1, 0.15) is 59.6 Å². The molecule has 2 rings (SSSR count). The van der Waals surface area contributed by atoms with E-state index in [9.17, 15) is 14.7 Å². The Kier molecular flexibility index (Phi) is 11.1. The van der Waals surface area contributed by atoms with Crippen molar-refractivity contribution < 1.29 is 28.9 Å². The Morgan fingerprint density at radius 1 is 1.22 bits per heavy atom. The Bertz CT molecular complexity index is 1110. The Balaban J connectivity index is 1.81. The lowest BCUT2D eigenvalue weighted by atomic mass is 9.72. The van der Waals surface area contributed by atoms with E-state index in [1.807, 2.05) is 25.2 Å². The molecule has 0 spiro atoms. The summed E-state index contributed by atoms with van der Waals surface area (Å²) >= 11 is 0. The summed E-state index contributed by atoms with van der Waals surface area (Å²) in [6.45, 7) is 9.67. The van der Waals surface area contributed by atoms with E-state index in [0.29, 0.717) is 5.57 Å². The Morgan fingerprint density at radius 2 is 1.97 bits per heavy atom. The van der Waals surface area contributed by atoms with Crippen molar-refractivity contribution in [1.29, 1.82) is 0 Å². The first-order valence-corrected chi connectivity index (χ1v) is 12.1. The second kappa shape index (κ2) is 13.8. The molecule has 1 aliphatic carbocycles. The summed E-state index contributed by atoms with van der Waals surface area (Å²) in [6, 6.07) is 1.10. The zero-order chi connectivity index (χ0) is 26.7. The highest BCUT2D eigenvalue weighted by Gasteiger charge is 2.26. The first kappa shape index (κ1) is 29.1.